The second-order valence-electron chi connectivity index (χ2n) is 5.85. The first kappa shape index (κ1) is 21.5. The van der Waals surface area contributed by atoms with Gasteiger partial charge in [0.15, 0.2) is 0 Å². The minimum Gasteiger partial charge on any atom is -0.490 e. The number of aromatic nitrogens is 1. The second-order valence-corrected chi connectivity index (χ2v) is 7.41. The molecule has 0 spiro atoms. The van der Waals surface area contributed by atoms with Crippen molar-refractivity contribution in [2.24, 2.45) is 5.14 Å². The molecule has 0 fully saturated rings. The zero-order valence-corrected chi connectivity index (χ0v) is 16.6. The van der Waals surface area contributed by atoms with Crippen molar-refractivity contribution in [1.29, 1.82) is 0 Å². The average Bonchev–Trinajstić information content (AvgIpc) is 2.93. The first-order valence-electron chi connectivity index (χ1n) is 8.44. The van der Waals surface area contributed by atoms with Crippen molar-refractivity contribution < 1.29 is 32.2 Å². The number of primary sulfonamides is 1. The number of aryl methyl sites for hydroxylation is 1. The maximum atomic E-state index is 12.2. The molecule has 3 N–H and O–H groups in total. The highest BCUT2D eigenvalue weighted by atomic mass is 32.2. The molecule has 0 aliphatic carbocycles. The molecule has 2 rings (SSSR count). The molecule has 9 nitrogen and oxygen atoms in total. The summed E-state index contributed by atoms with van der Waals surface area (Å²) in [6.07, 6.45) is 0. The van der Waals surface area contributed by atoms with Gasteiger partial charge in [0.05, 0.1) is 17.1 Å². The third-order valence-corrected chi connectivity index (χ3v) is 4.79. The van der Waals surface area contributed by atoms with Crippen molar-refractivity contribution in [1.82, 2.24) is 4.98 Å². The van der Waals surface area contributed by atoms with Gasteiger partial charge >= 0.3 is 11.9 Å². The van der Waals surface area contributed by atoms with Crippen LogP contribution in [0.4, 0.5) is 0 Å². The van der Waals surface area contributed by atoms with Gasteiger partial charge in [-0.3, -0.25) is 0 Å². The number of rotatable bonds is 8. The number of ether oxygens (including phenoxy) is 3. The second kappa shape index (κ2) is 8.89. The van der Waals surface area contributed by atoms with Gasteiger partial charge in [-0.15, -0.1) is 0 Å². The van der Waals surface area contributed by atoms with Crippen LogP contribution in [0.2, 0.25) is 0 Å². The summed E-state index contributed by atoms with van der Waals surface area (Å²) in [4.78, 5) is 27.0. The number of carbonyl (C=O) groups is 2. The quantitative estimate of drug-likeness (QED) is 0.499. The van der Waals surface area contributed by atoms with Gasteiger partial charge in [-0.05, 0) is 50.6 Å². The fraction of sp³-hybridized carbons (Fsp3) is 0.333. The smallest absolute Gasteiger partial charge is 0.355 e. The Balaban J connectivity index is 1.91. The fourth-order valence-electron chi connectivity index (χ4n) is 2.56. The molecular formula is C18H22N2O7S. The highest BCUT2D eigenvalue weighted by Crippen LogP contribution is 2.20. The van der Waals surface area contributed by atoms with Crippen molar-refractivity contribution in [3.63, 3.8) is 0 Å². The Labute approximate surface area is 162 Å². The van der Waals surface area contributed by atoms with Crippen LogP contribution in [-0.2, 0) is 19.5 Å². The largest absolute Gasteiger partial charge is 0.490 e. The number of sulfonamides is 1. The highest BCUT2D eigenvalue weighted by Gasteiger charge is 2.23. The topological polar surface area (TPSA) is 138 Å². The van der Waals surface area contributed by atoms with Gasteiger partial charge in [0.25, 0.3) is 0 Å². The van der Waals surface area contributed by atoms with Crippen LogP contribution >= 0.6 is 0 Å². The van der Waals surface area contributed by atoms with E-state index in [2.05, 4.69) is 4.98 Å². The number of nitrogens with one attached hydrogen (secondary N) is 1. The predicted octanol–water partition coefficient (Wildman–Crippen LogP) is 1.69. The van der Waals surface area contributed by atoms with Crippen LogP contribution in [0.25, 0.3) is 0 Å². The van der Waals surface area contributed by atoms with E-state index in [-0.39, 0.29) is 30.4 Å². The van der Waals surface area contributed by atoms with Crippen molar-refractivity contribution in [2.75, 3.05) is 19.8 Å². The number of hydrogen-bond acceptors (Lipinski definition) is 7. The number of nitrogens with two attached hydrogens (primary N) is 1. The van der Waals surface area contributed by atoms with Gasteiger partial charge < -0.3 is 19.2 Å². The van der Waals surface area contributed by atoms with Crippen molar-refractivity contribution in [3.05, 3.63) is 46.8 Å². The molecule has 1 aromatic heterocycles. The van der Waals surface area contributed by atoms with Gasteiger partial charge in [0.2, 0.25) is 10.0 Å². The van der Waals surface area contributed by atoms with E-state index in [1.165, 1.54) is 24.3 Å². The summed E-state index contributed by atoms with van der Waals surface area (Å²) in [6.45, 7) is 5.26. The zero-order valence-electron chi connectivity index (χ0n) is 15.8. The summed E-state index contributed by atoms with van der Waals surface area (Å²) >= 11 is 0. The Morgan fingerprint density at radius 1 is 1.04 bits per heavy atom. The Morgan fingerprint density at radius 2 is 1.68 bits per heavy atom. The monoisotopic (exact) mass is 410 g/mol. The van der Waals surface area contributed by atoms with Gasteiger partial charge in [-0.2, -0.15) is 0 Å². The maximum absolute atomic E-state index is 12.2. The first-order chi connectivity index (χ1) is 13.1. The van der Waals surface area contributed by atoms with Crippen LogP contribution in [0.3, 0.4) is 0 Å². The average molecular weight is 410 g/mol. The first-order valence-corrected chi connectivity index (χ1v) is 9.98. The van der Waals surface area contributed by atoms with E-state index in [9.17, 15) is 18.0 Å². The summed E-state index contributed by atoms with van der Waals surface area (Å²) in [5, 5.41) is 5.02. The van der Waals surface area contributed by atoms with Gasteiger partial charge in [-0.1, -0.05) is 0 Å². The Morgan fingerprint density at radius 3 is 2.25 bits per heavy atom. The third kappa shape index (κ3) is 5.11. The Hall–Kier alpha value is -2.85. The standard InChI is InChI=1S/C18H22N2O7S/c1-4-25-17(21)15-11(2)16(20-12(15)3)18(22)27-10-9-26-13-5-7-14(8-6-13)28(19,23)24/h5-8,20H,4,9-10H2,1-3H3,(H2,19,23,24). The maximum Gasteiger partial charge on any atom is 0.355 e. The summed E-state index contributed by atoms with van der Waals surface area (Å²) in [6, 6.07) is 5.54. The number of aromatic amines is 1. The molecule has 0 saturated heterocycles. The minimum atomic E-state index is -3.76. The van der Waals surface area contributed by atoms with Crippen LogP contribution in [0.15, 0.2) is 29.2 Å². The molecule has 1 heterocycles. The molecule has 0 unspecified atom stereocenters. The molecule has 0 atom stereocenters. The van der Waals surface area contributed by atoms with Gasteiger partial charge in [0.1, 0.15) is 24.7 Å². The highest BCUT2D eigenvalue weighted by molar-refractivity contribution is 7.89. The van der Waals surface area contributed by atoms with Gasteiger partial charge in [-0.25, -0.2) is 23.1 Å². The molecule has 0 amide bonds. The predicted molar refractivity (Wildman–Crippen MR) is 99.8 cm³/mol. The van der Waals surface area contributed by atoms with E-state index >= 15 is 0 Å². The lowest BCUT2D eigenvalue weighted by Crippen LogP contribution is -2.14. The molecule has 152 valence electrons. The van der Waals surface area contributed by atoms with E-state index in [0.717, 1.165) is 0 Å². The van der Waals surface area contributed by atoms with Gasteiger partial charge in [0, 0.05) is 5.69 Å². The van der Waals surface area contributed by atoms with E-state index in [1.807, 2.05) is 0 Å². The lowest BCUT2D eigenvalue weighted by molar-refractivity contribution is 0.0443. The van der Waals surface area contributed by atoms with Crippen LogP contribution in [0.5, 0.6) is 5.75 Å². The van der Waals surface area contributed by atoms with Crippen LogP contribution in [0.1, 0.15) is 39.0 Å². The van der Waals surface area contributed by atoms with Crippen LogP contribution < -0.4 is 9.88 Å². The van der Waals surface area contributed by atoms with Crippen molar-refractivity contribution in [3.8, 4) is 5.75 Å². The number of carbonyl (C=O) groups excluding carboxylic acids is 2. The molecule has 0 aliphatic rings. The summed E-state index contributed by atoms with van der Waals surface area (Å²) in [7, 11) is -3.76. The van der Waals surface area contributed by atoms with Crippen LogP contribution in [-0.4, -0.2) is 45.2 Å². The fourth-order valence-corrected chi connectivity index (χ4v) is 3.07. The molecular weight excluding hydrogens is 388 g/mol. The number of hydrogen-bond donors (Lipinski definition) is 2. The molecule has 0 saturated carbocycles. The van der Waals surface area contributed by atoms with E-state index in [4.69, 9.17) is 19.3 Å². The Bertz CT molecular complexity index is 963. The molecule has 10 heteroatoms. The number of benzene rings is 1. The molecule has 2 aromatic rings. The summed E-state index contributed by atoms with van der Waals surface area (Å²) < 4.78 is 37.9. The number of H-pyrrole nitrogens is 1. The van der Waals surface area contributed by atoms with E-state index in [1.54, 1.807) is 20.8 Å². The molecule has 0 radical (unpaired) electrons. The zero-order chi connectivity index (χ0) is 20.9. The molecule has 1 aromatic carbocycles. The SMILES string of the molecule is CCOC(=O)c1c(C)[nH]c(C(=O)OCCOc2ccc(S(N)(=O)=O)cc2)c1C. The molecule has 0 bridgehead atoms. The van der Waals surface area contributed by atoms with E-state index in [0.29, 0.717) is 22.6 Å². The Kier molecular flexibility index (Phi) is 6.81. The van der Waals surface area contributed by atoms with Crippen molar-refractivity contribution in [2.45, 2.75) is 25.7 Å². The summed E-state index contributed by atoms with van der Waals surface area (Å²) in [5.41, 5.74) is 1.48. The lowest BCUT2D eigenvalue weighted by Gasteiger charge is -2.08. The molecule has 0 aliphatic heterocycles. The number of esters is 2. The minimum absolute atomic E-state index is 0.0266. The normalized spacial score (nSPS) is 11.1. The van der Waals surface area contributed by atoms with Crippen molar-refractivity contribution >= 4 is 22.0 Å². The van der Waals surface area contributed by atoms with E-state index < -0.39 is 22.0 Å². The lowest BCUT2D eigenvalue weighted by atomic mass is 10.1. The molecule has 28 heavy (non-hydrogen) atoms. The summed E-state index contributed by atoms with van der Waals surface area (Å²) in [5.74, 6) is -0.719. The third-order valence-electron chi connectivity index (χ3n) is 3.86. The van der Waals surface area contributed by atoms with Crippen LogP contribution in [0, 0.1) is 13.8 Å².